The van der Waals surface area contributed by atoms with E-state index in [1.807, 2.05) is 18.2 Å². The fourth-order valence-electron chi connectivity index (χ4n) is 0.990. The number of pyridine rings is 2. The Morgan fingerprint density at radius 2 is 1.83 bits per heavy atom. The highest BCUT2D eigenvalue weighted by Crippen LogP contribution is 2.14. The first-order chi connectivity index (χ1) is 5.75. The lowest BCUT2D eigenvalue weighted by Crippen LogP contribution is -1.91. The molecule has 0 bridgehead atoms. The highest BCUT2D eigenvalue weighted by atomic mass is 79.9. The van der Waals surface area contributed by atoms with Crippen molar-refractivity contribution in [3.63, 3.8) is 0 Å². The maximum Gasteiger partial charge on any atom is 0.162 e. The van der Waals surface area contributed by atoms with Crippen molar-refractivity contribution in [1.29, 1.82) is 0 Å². The molecule has 0 radical (unpaired) electrons. The summed E-state index contributed by atoms with van der Waals surface area (Å²) >= 11 is 3.27. The van der Waals surface area contributed by atoms with Crippen molar-refractivity contribution >= 4 is 32.8 Å². The Bertz CT molecular complexity index is 391. The third-order valence-electron chi connectivity index (χ3n) is 1.54. The van der Waals surface area contributed by atoms with E-state index < -0.39 is 0 Å². The number of rotatable bonds is 0. The Morgan fingerprint density at radius 1 is 1.08 bits per heavy atom. The normalized spacial score (nSPS) is 10.4. The van der Waals surface area contributed by atoms with E-state index in [1.54, 1.807) is 6.07 Å². The standard InChI is InChI=1S/C8H6BrN3/c9-6-3-1-5-2-4-7(10)12-8(5)11-6/h1-4H,(H2,10,11,12). The van der Waals surface area contributed by atoms with Crippen LogP contribution in [0.2, 0.25) is 0 Å². The first-order valence-electron chi connectivity index (χ1n) is 3.44. The SMILES string of the molecule is Nc1ccc2ccc(Br)nc2n1. The minimum atomic E-state index is 0.494. The average Bonchev–Trinajstić information content (AvgIpc) is 2.03. The number of anilines is 1. The maximum atomic E-state index is 5.51. The van der Waals surface area contributed by atoms with Crippen LogP contribution in [-0.2, 0) is 0 Å². The Balaban J connectivity index is 2.80. The van der Waals surface area contributed by atoms with Crippen molar-refractivity contribution < 1.29 is 0 Å². The van der Waals surface area contributed by atoms with Crippen molar-refractivity contribution in [3.8, 4) is 0 Å². The smallest absolute Gasteiger partial charge is 0.162 e. The van der Waals surface area contributed by atoms with Gasteiger partial charge in [-0.3, -0.25) is 0 Å². The van der Waals surface area contributed by atoms with Gasteiger partial charge < -0.3 is 5.73 Å². The molecular formula is C8H6BrN3. The van der Waals surface area contributed by atoms with Crippen LogP contribution in [0.15, 0.2) is 28.9 Å². The number of nitrogen functional groups attached to an aromatic ring is 1. The van der Waals surface area contributed by atoms with Gasteiger partial charge >= 0.3 is 0 Å². The molecule has 2 rings (SSSR count). The van der Waals surface area contributed by atoms with Crippen LogP contribution in [0, 0.1) is 0 Å². The van der Waals surface area contributed by atoms with Crippen molar-refractivity contribution in [2.45, 2.75) is 0 Å². The van der Waals surface area contributed by atoms with Crippen LogP contribution in [-0.4, -0.2) is 9.97 Å². The molecule has 2 aromatic rings. The molecule has 0 saturated heterocycles. The van der Waals surface area contributed by atoms with E-state index in [9.17, 15) is 0 Å². The van der Waals surface area contributed by atoms with Gasteiger partial charge in [-0.25, -0.2) is 9.97 Å². The monoisotopic (exact) mass is 223 g/mol. The number of hydrogen-bond acceptors (Lipinski definition) is 3. The summed E-state index contributed by atoms with van der Waals surface area (Å²) < 4.78 is 0.771. The maximum absolute atomic E-state index is 5.51. The summed E-state index contributed by atoms with van der Waals surface area (Å²) in [6, 6.07) is 7.48. The summed E-state index contributed by atoms with van der Waals surface area (Å²) in [5.41, 5.74) is 6.18. The zero-order valence-electron chi connectivity index (χ0n) is 6.16. The molecule has 2 N–H and O–H groups in total. The van der Waals surface area contributed by atoms with E-state index in [-0.39, 0.29) is 0 Å². The van der Waals surface area contributed by atoms with Crippen LogP contribution in [0.5, 0.6) is 0 Å². The predicted octanol–water partition coefficient (Wildman–Crippen LogP) is 1.97. The fraction of sp³-hybridized carbons (Fsp3) is 0. The zero-order valence-corrected chi connectivity index (χ0v) is 7.75. The van der Waals surface area contributed by atoms with E-state index in [4.69, 9.17) is 5.73 Å². The number of hydrogen-bond donors (Lipinski definition) is 1. The Kier molecular flexibility index (Phi) is 1.69. The van der Waals surface area contributed by atoms with Gasteiger partial charge in [0.05, 0.1) is 0 Å². The van der Waals surface area contributed by atoms with Crippen molar-refractivity contribution in [2.24, 2.45) is 0 Å². The molecule has 0 unspecified atom stereocenters. The Morgan fingerprint density at radius 3 is 2.67 bits per heavy atom. The molecular weight excluding hydrogens is 218 g/mol. The molecule has 3 nitrogen and oxygen atoms in total. The third kappa shape index (κ3) is 1.25. The summed E-state index contributed by atoms with van der Waals surface area (Å²) in [5.74, 6) is 0.494. The third-order valence-corrected chi connectivity index (χ3v) is 1.98. The van der Waals surface area contributed by atoms with E-state index in [2.05, 4.69) is 25.9 Å². The zero-order chi connectivity index (χ0) is 8.55. The Labute approximate surface area is 77.8 Å². The molecule has 0 aliphatic heterocycles. The molecule has 0 saturated carbocycles. The Hall–Kier alpha value is -1.16. The van der Waals surface area contributed by atoms with Crippen LogP contribution >= 0.6 is 15.9 Å². The van der Waals surface area contributed by atoms with Gasteiger partial charge in [0.25, 0.3) is 0 Å². The summed E-state index contributed by atoms with van der Waals surface area (Å²) in [4.78, 5) is 8.24. The number of nitrogens with zero attached hydrogens (tertiary/aromatic N) is 2. The van der Waals surface area contributed by atoms with Gasteiger partial charge in [0, 0.05) is 5.39 Å². The summed E-state index contributed by atoms with van der Waals surface area (Å²) in [5, 5.41) is 0.993. The van der Waals surface area contributed by atoms with Crippen molar-refractivity contribution in [1.82, 2.24) is 9.97 Å². The summed E-state index contributed by atoms with van der Waals surface area (Å²) in [6.45, 7) is 0. The summed E-state index contributed by atoms with van der Waals surface area (Å²) in [7, 11) is 0. The van der Waals surface area contributed by atoms with Gasteiger partial charge in [0.1, 0.15) is 10.4 Å². The van der Waals surface area contributed by atoms with E-state index in [1.165, 1.54) is 0 Å². The van der Waals surface area contributed by atoms with Gasteiger partial charge in [-0.15, -0.1) is 0 Å². The molecule has 0 amide bonds. The largest absolute Gasteiger partial charge is 0.384 e. The van der Waals surface area contributed by atoms with Crippen molar-refractivity contribution in [2.75, 3.05) is 5.73 Å². The second-order valence-electron chi connectivity index (χ2n) is 2.42. The van der Waals surface area contributed by atoms with Crippen LogP contribution in [0.25, 0.3) is 11.0 Å². The molecule has 0 aliphatic rings. The molecule has 2 heterocycles. The molecule has 0 spiro atoms. The molecule has 12 heavy (non-hydrogen) atoms. The van der Waals surface area contributed by atoms with Gasteiger partial charge in [0.15, 0.2) is 5.65 Å². The minimum absolute atomic E-state index is 0.494. The topological polar surface area (TPSA) is 51.8 Å². The highest BCUT2D eigenvalue weighted by Gasteiger charge is 1.96. The second-order valence-corrected chi connectivity index (χ2v) is 3.23. The van der Waals surface area contributed by atoms with E-state index in [0.29, 0.717) is 11.5 Å². The molecule has 4 heteroatoms. The van der Waals surface area contributed by atoms with Crippen LogP contribution in [0.4, 0.5) is 5.82 Å². The first-order valence-corrected chi connectivity index (χ1v) is 4.24. The molecule has 0 aliphatic carbocycles. The number of fused-ring (bicyclic) bond motifs is 1. The van der Waals surface area contributed by atoms with E-state index >= 15 is 0 Å². The molecule has 60 valence electrons. The molecule has 0 aromatic carbocycles. The lowest BCUT2D eigenvalue weighted by molar-refractivity contribution is 1.26. The van der Waals surface area contributed by atoms with Crippen LogP contribution in [0.3, 0.4) is 0 Å². The fourth-order valence-corrected chi connectivity index (χ4v) is 1.29. The molecule has 0 atom stereocenters. The first kappa shape index (κ1) is 7.49. The van der Waals surface area contributed by atoms with Crippen LogP contribution in [0.1, 0.15) is 0 Å². The lowest BCUT2D eigenvalue weighted by atomic mass is 10.3. The quantitative estimate of drug-likeness (QED) is 0.696. The van der Waals surface area contributed by atoms with E-state index in [0.717, 1.165) is 9.99 Å². The average molecular weight is 224 g/mol. The number of nitrogens with two attached hydrogens (primary N) is 1. The highest BCUT2D eigenvalue weighted by molar-refractivity contribution is 9.10. The lowest BCUT2D eigenvalue weighted by Gasteiger charge is -1.97. The minimum Gasteiger partial charge on any atom is -0.384 e. The van der Waals surface area contributed by atoms with Gasteiger partial charge in [-0.1, -0.05) is 0 Å². The molecule has 2 aromatic heterocycles. The van der Waals surface area contributed by atoms with Gasteiger partial charge in [-0.05, 0) is 40.2 Å². The van der Waals surface area contributed by atoms with Crippen LogP contribution < -0.4 is 5.73 Å². The predicted molar refractivity (Wildman–Crippen MR) is 51.7 cm³/mol. The van der Waals surface area contributed by atoms with Crippen molar-refractivity contribution in [3.05, 3.63) is 28.9 Å². The number of halogens is 1. The summed E-state index contributed by atoms with van der Waals surface area (Å²) in [6.07, 6.45) is 0. The van der Waals surface area contributed by atoms with Gasteiger partial charge in [0.2, 0.25) is 0 Å². The van der Waals surface area contributed by atoms with Gasteiger partial charge in [-0.2, -0.15) is 0 Å². The number of aromatic nitrogens is 2. The second kappa shape index (κ2) is 2.71. The molecule has 0 fully saturated rings.